The van der Waals surface area contributed by atoms with Crippen molar-refractivity contribution in [3.63, 3.8) is 0 Å². The number of benzene rings is 1. The van der Waals surface area contributed by atoms with Crippen LogP contribution in [0.4, 0.5) is 4.79 Å². The van der Waals surface area contributed by atoms with Gasteiger partial charge in [-0.15, -0.1) is 0 Å². The number of pyridine rings is 1. The van der Waals surface area contributed by atoms with Crippen LogP contribution in [0.15, 0.2) is 55.0 Å². The number of hydrogen-bond acceptors (Lipinski definition) is 4. The van der Waals surface area contributed by atoms with E-state index in [1.807, 2.05) is 30.5 Å². The number of rotatable bonds is 4. The predicted octanol–water partition coefficient (Wildman–Crippen LogP) is 2.18. The van der Waals surface area contributed by atoms with Gasteiger partial charge < -0.3 is 9.72 Å². The Morgan fingerprint density at radius 3 is 2.83 bits per heavy atom. The Morgan fingerprint density at radius 1 is 1.12 bits per heavy atom. The number of ether oxygens (including phenoxy) is 1. The lowest BCUT2D eigenvalue weighted by atomic mass is 10.1. The van der Waals surface area contributed by atoms with Crippen LogP contribution in [-0.2, 0) is 11.2 Å². The van der Waals surface area contributed by atoms with Crippen molar-refractivity contribution >= 4 is 22.9 Å². The molecule has 0 aliphatic rings. The Morgan fingerprint density at radius 2 is 2.00 bits per heavy atom. The van der Waals surface area contributed by atoms with E-state index in [0.717, 1.165) is 16.5 Å². The molecule has 7 heteroatoms. The molecule has 0 radical (unpaired) electrons. The van der Waals surface area contributed by atoms with E-state index >= 15 is 0 Å². The van der Waals surface area contributed by atoms with Crippen LogP contribution in [0.3, 0.4) is 0 Å². The maximum absolute atomic E-state index is 11.7. The van der Waals surface area contributed by atoms with Crippen molar-refractivity contribution in [1.82, 2.24) is 20.8 Å². The molecular formula is C17H16N4O3. The summed E-state index contributed by atoms with van der Waals surface area (Å²) in [6.07, 6.45) is 4.72. The number of carbonyl (C=O) groups is 2. The van der Waals surface area contributed by atoms with E-state index in [1.165, 1.54) is 6.20 Å². The van der Waals surface area contributed by atoms with Crippen LogP contribution < -0.4 is 10.9 Å². The fourth-order valence-corrected chi connectivity index (χ4v) is 2.31. The molecular weight excluding hydrogens is 308 g/mol. The standard InChI is InChI=1S/C17H16N4O3/c22-16(13-4-3-8-18-10-13)20-21-17(23)24-9-7-12-11-19-15-6-2-1-5-14(12)15/h1-6,8,10-11,19H,7,9H2,(H,20,22)(H,21,23). The summed E-state index contributed by atoms with van der Waals surface area (Å²) in [5.41, 5.74) is 6.92. The highest BCUT2D eigenvalue weighted by Gasteiger charge is 2.08. The maximum atomic E-state index is 11.7. The molecule has 0 aliphatic carbocycles. The molecule has 0 saturated heterocycles. The third-order valence-electron chi connectivity index (χ3n) is 3.48. The second-order valence-electron chi connectivity index (χ2n) is 5.07. The Labute approximate surface area is 138 Å². The lowest BCUT2D eigenvalue weighted by molar-refractivity contribution is 0.0910. The second kappa shape index (κ2) is 7.28. The Bertz CT molecular complexity index is 845. The number of nitrogens with zero attached hydrogens (tertiary/aromatic N) is 1. The van der Waals surface area contributed by atoms with Crippen molar-refractivity contribution in [2.75, 3.05) is 6.61 Å². The normalized spacial score (nSPS) is 10.3. The molecule has 3 rings (SSSR count). The van der Waals surface area contributed by atoms with Crippen molar-refractivity contribution < 1.29 is 14.3 Å². The van der Waals surface area contributed by atoms with Gasteiger partial charge in [0.15, 0.2) is 0 Å². The molecule has 0 spiro atoms. The topological polar surface area (TPSA) is 96.1 Å². The number of carbonyl (C=O) groups excluding carboxylic acids is 2. The molecule has 2 aromatic heterocycles. The van der Waals surface area contributed by atoms with Gasteiger partial charge in [0.05, 0.1) is 12.2 Å². The van der Waals surface area contributed by atoms with E-state index in [2.05, 4.69) is 20.8 Å². The highest BCUT2D eigenvalue weighted by atomic mass is 16.6. The van der Waals surface area contributed by atoms with Crippen molar-refractivity contribution in [3.05, 3.63) is 66.1 Å². The quantitative estimate of drug-likeness (QED) is 0.641. The SMILES string of the molecule is O=C(NNC(=O)c1cccnc1)OCCc1c[nH]c2ccccc12. The minimum atomic E-state index is -0.716. The maximum Gasteiger partial charge on any atom is 0.426 e. The highest BCUT2D eigenvalue weighted by molar-refractivity contribution is 5.94. The van der Waals surface area contributed by atoms with Crippen LogP contribution in [0.5, 0.6) is 0 Å². The third kappa shape index (κ3) is 3.70. The molecule has 0 fully saturated rings. The molecule has 2 heterocycles. The van der Waals surface area contributed by atoms with Crippen LogP contribution in [0, 0.1) is 0 Å². The predicted molar refractivity (Wildman–Crippen MR) is 88.2 cm³/mol. The number of nitrogens with one attached hydrogen (secondary N) is 3. The van der Waals surface area contributed by atoms with Gasteiger partial charge in [0.2, 0.25) is 0 Å². The van der Waals surface area contributed by atoms with Crippen molar-refractivity contribution in [2.45, 2.75) is 6.42 Å². The van der Waals surface area contributed by atoms with E-state index in [9.17, 15) is 9.59 Å². The molecule has 1 aromatic carbocycles. The van der Waals surface area contributed by atoms with Gasteiger partial charge in [0.25, 0.3) is 5.91 Å². The average molecular weight is 324 g/mol. The van der Waals surface area contributed by atoms with Crippen LogP contribution >= 0.6 is 0 Å². The van der Waals surface area contributed by atoms with Crippen molar-refractivity contribution in [2.24, 2.45) is 0 Å². The number of aromatic nitrogens is 2. The number of hydrogen-bond donors (Lipinski definition) is 3. The molecule has 0 bridgehead atoms. The van der Waals surface area contributed by atoms with Crippen LogP contribution in [0.2, 0.25) is 0 Å². The van der Waals surface area contributed by atoms with Crippen molar-refractivity contribution in [1.29, 1.82) is 0 Å². The molecule has 0 aliphatic heterocycles. The van der Waals surface area contributed by atoms with Crippen LogP contribution in [-0.4, -0.2) is 28.6 Å². The number of aromatic amines is 1. The zero-order valence-corrected chi connectivity index (χ0v) is 12.8. The average Bonchev–Trinajstić information content (AvgIpc) is 3.04. The minimum Gasteiger partial charge on any atom is -0.448 e. The molecule has 0 saturated carbocycles. The summed E-state index contributed by atoms with van der Waals surface area (Å²) >= 11 is 0. The van der Waals surface area contributed by atoms with Gasteiger partial charge in [-0.25, -0.2) is 10.2 Å². The smallest absolute Gasteiger partial charge is 0.426 e. The Balaban J connectivity index is 1.44. The molecule has 122 valence electrons. The van der Waals surface area contributed by atoms with E-state index < -0.39 is 12.0 Å². The first kappa shape index (κ1) is 15.5. The van der Waals surface area contributed by atoms with Crippen molar-refractivity contribution in [3.8, 4) is 0 Å². The third-order valence-corrected chi connectivity index (χ3v) is 3.48. The lowest BCUT2D eigenvalue weighted by Crippen LogP contribution is -2.42. The first-order valence-electron chi connectivity index (χ1n) is 7.42. The van der Waals surface area contributed by atoms with Gasteiger partial charge in [-0.05, 0) is 23.8 Å². The molecule has 7 nitrogen and oxygen atoms in total. The zero-order valence-electron chi connectivity index (χ0n) is 12.8. The summed E-state index contributed by atoms with van der Waals surface area (Å²) in [5, 5.41) is 1.10. The Hall–Kier alpha value is -3.35. The zero-order chi connectivity index (χ0) is 16.8. The number of para-hydroxylation sites is 1. The fraction of sp³-hybridized carbons (Fsp3) is 0.118. The summed E-state index contributed by atoms with van der Waals surface area (Å²) in [6.45, 7) is 0.205. The van der Waals surface area contributed by atoms with E-state index in [4.69, 9.17) is 4.74 Å². The first-order valence-corrected chi connectivity index (χ1v) is 7.42. The number of hydrazine groups is 1. The number of amides is 2. The summed E-state index contributed by atoms with van der Waals surface area (Å²) < 4.78 is 5.06. The fourth-order valence-electron chi connectivity index (χ4n) is 2.31. The highest BCUT2D eigenvalue weighted by Crippen LogP contribution is 2.17. The lowest BCUT2D eigenvalue weighted by Gasteiger charge is -2.08. The molecule has 2 amide bonds. The van der Waals surface area contributed by atoms with Gasteiger partial charge in [-0.3, -0.25) is 15.2 Å². The van der Waals surface area contributed by atoms with Gasteiger partial charge in [-0.2, -0.15) is 0 Å². The van der Waals surface area contributed by atoms with E-state index in [0.29, 0.717) is 12.0 Å². The monoisotopic (exact) mass is 324 g/mol. The Kier molecular flexibility index (Phi) is 4.71. The minimum absolute atomic E-state index is 0.205. The molecule has 0 unspecified atom stereocenters. The van der Waals surface area contributed by atoms with E-state index in [1.54, 1.807) is 18.3 Å². The summed E-state index contributed by atoms with van der Waals surface area (Å²) in [4.78, 5) is 30.3. The van der Waals surface area contributed by atoms with Gasteiger partial charge in [0.1, 0.15) is 0 Å². The number of H-pyrrole nitrogens is 1. The van der Waals surface area contributed by atoms with E-state index in [-0.39, 0.29) is 6.61 Å². The molecule has 3 N–H and O–H groups in total. The van der Waals surface area contributed by atoms with Crippen LogP contribution in [0.25, 0.3) is 10.9 Å². The van der Waals surface area contributed by atoms with Crippen LogP contribution in [0.1, 0.15) is 15.9 Å². The first-order chi connectivity index (χ1) is 11.7. The van der Waals surface area contributed by atoms with Gasteiger partial charge in [-0.1, -0.05) is 18.2 Å². The summed E-state index contributed by atoms with van der Waals surface area (Å²) in [6, 6.07) is 11.1. The van der Waals surface area contributed by atoms with Gasteiger partial charge in [0, 0.05) is 35.9 Å². The molecule has 24 heavy (non-hydrogen) atoms. The summed E-state index contributed by atoms with van der Waals surface area (Å²) in [5.74, 6) is -0.461. The largest absolute Gasteiger partial charge is 0.448 e. The number of fused-ring (bicyclic) bond motifs is 1. The molecule has 3 aromatic rings. The molecule has 0 atom stereocenters. The summed E-state index contributed by atoms with van der Waals surface area (Å²) in [7, 11) is 0. The van der Waals surface area contributed by atoms with Gasteiger partial charge >= 0.3 is 6.09 Å². The second-order valence-corrected chi connectivity index (χ2v) is 5.07.